The Labute approximate surface area is 84.4 Å². The lowest BCUT2D eigenvalue weighted by atomic mass is 10.4. The summed E-state index contributed by atoms with van der Waals surface area (Å²) in [5, 5.41) is 8.63. The second-order valence-electron chi connectivity index (χ2n) is 2.69. The van der Waals surface area contributed by atoms with Gasteiger partial charge in [0.15, 0.2) is 0 Å². The molecule has 5 heteroatoms. The van der Waals surface area contributed by atoms with Crippen LogP contribution in [0.15, 0.2) is 15.5 Å². The highest BCUT2D eigenvalue weighted by Gasteiger charge is 2.03. The Morgan fingerprint density at radius 2 is 2.38 bits per heavy atom. The van der Waals surface area contributed by atoms with E-state index in [1.54, 1.807) is 11.5 Å². The number of aromatic nitrogens is 2. The van der Waals surface area contributed by atoms with Gasteiger partial charge in [0.2, 0.25) is 0 Å². The second kappa shape index (κ2) is 4.53. The lowest BCUT2D eigenvalue weighted by Gasteiger charge is -2.07. The molecule has 1 aromatic heterocycles. The Balaban J connectivity index is 3.03. The molecule has 0 saturated carbocycles. The van der Waals surface area contributed by atoms with E-state index in [4.69, 9.17) is 5.11 Å². The van der Waals surface area contributed by atoms with Crippen LogP contribution in [0.25, 0.3) is 0 Å². The topological polar surface area (TPSA) is 55.1 Å². The van der Waals surface area contributed by atoms with Crippen molar-refractivity contribution in [3.05, 3.63) is 26.8 Å². The summed E-state index contributed by atoms with van der Waals surface area (Å²) in [5.74, 6) is 0.668. The summed E-state index contributed by atoms with van der Waals surface area (Å²) in [7, 11) is 0. The molecule has 0 amide bonds. The third kappa shape index (κ3) is 2.38. The van der Waals surface area contributed by atoms with Gasteiger partial charge < -0.3 is 5.11 Å². The third-order valence-electron chi connectivity index (χ3n) is 1.74. The molecule has 0 unspecified atom stereocenters. The first kappa shape index (κ1) is 10.4. The maximum atomic E-state index is 11.5. The van der Waals surface area contributed by atoms with Crippen molar-refractivity contribution in [1.29, 1.82) is 0 Å². The van der Waals surface area contributed by atoms with E-state index < -0.39 is 0 Å². The van der Waals surface area contributed by atoms with Gasteiger partial charge in [0.05, 0.1) is 0 Å². The summed E-state index contributed by atoms with van der Waals surface area (Å²) >= 11 is 3.11. The normalized spacial score (nSPS) is 10.4. The number of nitrogens with zero attached hydrogens (tertiary/aromatic N) is 2. The molecule has 0 atom stereocenters. The van der Waals surface area contributed by atoms with Crippen LogP contribution in [0, 0.1) is 6.92 Å². The van der Waals surface area contributed by atoms with Crippen molar-refractivity contribution >= 4 is 15.9 Å². The van der Waals surface area contributed by atoms with Crippen LogP contribution in [0.4, 0.5) is 0 Å². The van der Waals surface area contributed by atoms with Crippen LogP contribution < -0.4 is 5.56 Å². The number of rotatable bonds is 3. The van der Waals surface area contributed by atoms with Crippen LogP contribution in [0.3, 0.4) is 0 Å². The van der Waals surface area contributed by atoms with E-state index in [1.165, 1.54) is 6.20 Å². The molecule has 72 valence electrons. The highest BCUT2D eigenvalue weighted by molar-refractivity contribution is 9.10. The minimum absolute atomic E-state index is 0.0817. The molecule has 0 bridgehead atoms. The van der Waals surface area contributed by atoms with Crippen LogP contribution >= 0.6 is 15.9 Å². The van der Waals surface area contributed by atoms with Crippen molar-refractivity contribution in [2.24, 2.45) is 0 Å². The minimum Gasteiger partial charge on any atom is -0.396 e. The number of aliphatic hydroxyl groups is 1. The van der Waals surface area contributed by atoms with E-state index in [0.717, 1.165) is 0 Å². The standard InChI is InChI=1S/C8H11BrN2O2/c1-6-10-5-7(9)8(13)11(6)3-2-4-12/h5,12H,2-4H2,1H3. The van der Waals surface area contributed by atoms with Gasteiger partial charge in [-0.25, -0.2) is 4.98 Å². The largest absolute Gasteiger partial charge is 0.396 e. The Hall–Kier alpha value is -0.680. The maximum absolute atomic E-state index is 11.5. The molecule has 0 aliphatic rings. The first-order valence-electron chi connectivity index (χ1n) is 3.99. The number of hydrogen-bond acceptors (Lipinski definition) is 3. The molecule has 4 nitrogen and oxygen atoms in total. The molecular formula is C8H11BrN2O2. The van der Waals surface area contributed by atoms with Crippen molar-refractivity contribution in [2.45, 2.75) is 19.9 Å². The second-order valence-corrected chi connectivity index (χ2v) is 3.54. The third-order valence-corrected chi connectivity index (χ3v) is 2.29. The fourth-order valence-electron chi connectivity index (χ4n) is 1.04. The maximum Gasteiger partial charge on any atom is 0.267 e. The van der Waals surface area contributed by atoms with E-state index in [-0.39, 0.29) is 12.2 Å². The molecule has 13 heavy (non-hydrogen) atoms. The van der Waals surface area contributed by atoms with Gasteiger partial charge in [-0.15, -0.1) is 0 Å². The summed E-state index contributed by atoms with van der Waals surface area (Å²) < 4.78 is 2.00. The van der Waals surface area contributed by atoms with E-state index in [0.29, 0.717) is 23.3 Å². The molecule has 0 fully saturated rings. The smallest absolute Gasteiger partial charge is 0.267 e. The Kier molecular flexibility index (Phi) is 3.62. The lowest BCUT2D eigenvalue weighted by Crippen LogP contribution is -2.24. The quantitative estimate of drug-likeness (QED) is 0.855. The summed E-state index contributed by atoms with van der Waals surface area (Å²) in [6, 6.07) is 0. The van der Waals surface area contributed by atoms with Crippen LogP contribution in [-0.2, 0) is 6.54 Å². The average Bonchev–Trinajstić information content (AvgIpc) is 2.12. The average molecular weight is 247 g/mol. The predicted octanol–water partition coefficient (Wildman–Crippen LogP) is 0.697. The number of aryl methyl sites for hydroxylation is 1. The van der Waals surface area contributed by atoms with E-state index in [2.05, 4.69) is 20.9 Å². The van der Waals surface area contributed by atoms with Crippen LogP contribution in [0.2, 0.25) is 0 Å². The van der Waals surface area contributed by atoms with Gasteiger partial charge in [-0.3, -0.25) is 9.36 Å². The Morgan fingerprint density at radius 1 is 1.69 bits per heavy atom. The van der Waals surface area contributed by atoms with Gasteiger partial charge in [0.1, 0.15) is 10.3 Å². The Morgan fingerprint density at radius 3 is 3.00 bits per heavy atom. The molecule has 1 heterocycles. The van der Waals surface area contributed by atoms with Gasteiger partial charge in [-0.2, -0.15) is 0 Å². The molecule has 1 N–H and O–H groups in total. The highest BCUT2D eigenvalue weighted by Crippen LogP contribution is 2.01. The summed E-state index contributed by atoms with van der Waals surface area (Å²) in [6.07, 6.45) is 2.06. The lowest BCUT2D eigenvalue weighted by molar-refractivity contribution is 0.278. The fraction of sp³-hybridized carbons (Fsp3) is 0.500. The van der Waals surface area contributed by atoms with Crippen LogP contribution in [0.1, 0.15) is 12.2 Å². The monoisotopic (exact) mass is 246 g/mol. The van der Waals surface area contributed by atoms with Crippen molar-refractivity contribution in [2.75, 3.05) is 6.61 Å². The first-order valence-corrected chi connectivity index (χ1v) is 4.79. The molecule has 0 saturated heterocycles. The van der Waals surface area contributed by atoms with Gasteiger partial charge >= 0.3 is 0 Å². The molecule has 0 radical (unpaired) electrons. The van der Waals surface area contributed by atoms with Gasteiger partial charge in [0.25, 0.3) is 5.56 Å². The zero-order valence-corrected chi connectivity index (χ0v) is 8.91. The number of halogens is 1. The molecule has 1 aromatic rings. The highest BCUT2D eigenvalue weighted by atomic mass is 79.9. The molecule has 0 aromatic carbocycles. The summed E-state index contributed by atoms with van der Waals surface area (Å²) in [5.41, 5.74) is -0.0963. The van der Waals surface area contributed by atoms with E-state index in [9.17, 15) is 4.79 Å². The van der Waals surface area contributed by atoms with Crippen molar-refractivity contribution in [3.8, 4) is 0 Å². The molecule has 0 aliphatic carbocycles. The van der Waals surface area contributed by atoms with Gasteiger partial charge in [-0.1, -0.05) is 0 Å². The number of hydrogen-bond donors (Lipinski definition) is 1. The van der Waals surface area contributed by atoms with Crippen molar-refractivity contribution in [1.82, 2.24) is 9.55 Å². The SMILES string of the molecule is Cc1ncc(Br)c(=O)n1CCCO. The summed E-state index contributed by atoms with van der Waals surface area (Å²) in [4.78, 5) is 15.5. The van der Waals surface area contributed by atoms with Crippen molar-refractivity contribution in [3.63, 3.8) is 0 Å². The van der Waals surface area contributed by atoms with Gasteiger partial charge in [0, 0.05) is 19.3 Å². The molecule has 0 aliphatic heterocycles. The minimum atomic E-state index is -0.0963. The fourth-order valence-corrected chi connectivity index (χ4v) is 1.36. The zero-order valence-electron chi connectivity index (χ0n) is 7.33. The van der Waals surface area contributed by atoms with Crippen LogP contribution in [0.5, 0.6) is 0 Å². The van der Waals surface area contributed by atoms with Crippen molar-refractivity contribution < 1.29 is 5.11 Å². The molecule has 0 spiro atoms. The Bertz CT molecular complexity index is 348. The molecule has 1 rings (SSSR count). The van der Waals surface area contributed by atoms with E-state index >= 15 is 0 Å². The first-order chi connectivity index (χ1) is 6.16. The zero-order chi connectivity index (χ0) is 9.84. The molecular weight excluding hydrogens is 236 g/mol. The van der Waals surface area contributed by atoms with Crippen LogP contribution in [-0.4, -0.2) is 21.3 Å². The van der Waals surface area contributed by atoms with Gasteiger partial charge in [-0.05, 0) is 29.3 Å². The number of aliphatic hydroxyl groups excluding tert-OH is 1. The summed E-state index contributed by atoms with van der Waals surface area (Å²) in [6.45, 7) is 2.36. The predicted molar refractivity (Wildman–Crippen MR) is 52.6 cm³/mol. The van der Waals surface area contributed by atoms with E-state index in [1.807, 2.05) is 0 Å².